The molecule has 0 aliphatic heterocycles. The van der Waals surface area contributed by atoms with Crippen molar-refractivity contribution < 1.29 is 48.2 Å². The van der Waals surface area contributed by atoms with Crippen LogP contribution in [0, 0.1) is 34.5 Å². The first kappa shape index (κ1) is 27.7. The van der Waals surface area contributed by atoms with Gasteiger partial charge in [-0.25, -0.2) is 0 Å². The van der Waals surface area contributed by atoms with E-state index in [0.29, 0.717) is 32.1 Å². The van der Waals surface area contributed by atoms with Crippen molar-refractivity contribution in [1.29, 1.82) is 0 Å². The molecule has 0 spiro atoms. The van der Waals surface area contributed by atoms with E-state index in [1.807, 2.05) is 6.92 Å². The summed E-state index contributed by atoms with van der Waals surface area (Å²) in [5, 5.41) is 0. The first-order chi connectivity index (χ1) is 20.7. The third-order valence-corrected chi connectivity index (χ3v) is 10.4. The zero-order chi connectivity index (χ0) is 36.9. The smallest absolute Gasteiger partial charge is 0.413 e. The molecule has 4 atom stereocenters. The Morgan fingerprint density at radius 1 is 0.951 bits per heavy atom. The van der Waals surface area contributed by atoms with Gasteiger partial charge in [0.1, 0.15) is 5.78 Å². The molecule has 0 amide bonds. The Morgan fingerprint density at radius 3 is 2.00 bits per heavy atom. The molecule has 0 aromatic carbocycles. The van der Waals surface area contributed by atoms with Crippen LogP contribution in [0.2, 0.25) is 39.3 Å². The molecule has 0 aromatic rings. The number of hydrogen-bond acceptors (Lipinski definition) is 3. The van der Waals surface area contributed by atoms with Crippen molar-refractivity contribution in [2.45, 2.75) is 148 Å². The number of alkyl halides is 6. The minimum atomic E-state index is -5.90. The topological polar surface area (TPSA) is 35.5 Å². The Morgan fingerprint density at radius 2 is 1.51 bits per heavy atom. The number of Topliss-reactive ketones (excluding diaryl/α,β-unsaturated/α-hetero) is 1. The van der Waals surface area contributed by atoms with Gasteiger partial charge in [0.25, 0.3) is 0 Å². The highest BCUT2D eigenvalue weighted by molar-refractivity contribution is 6.70. The van der Waals surface area contributed by atoms with Gasteiger partial charge in [-0.15, -0.1) is 0 Å². The average Bonchev–Trinajstić information content (AvgIpc) is 3.17. The maximum Gasteiger partial charge on any atom is 0.437 e. The third-order valence-electron chi connectivity index (χ3n) is 8.48. The first-order valence-electron chi connectivity index (χ1n) is 17.2. The van der Waals surface area contributed by atoms with Crippen LogP contribution >= 0.6 is 0 Å². The molecule has 2 aliphatic carbocycles. The summed E-state index contributed by atoms with van der Waals surface area (Å²) in [6.07, 6.45) is -10.2. The molecule has 2 aliphatic rings. The molecule has 238 valence electrons. The number of hydrogen-bond donors (Lipinski definition) is 0. The summed E-state index contributed by atoms with van der Waals surface area (Å²) in [6.45, 7) is 6.07. The van der Waals surface area contributed by atoms with Crippen LogP contribution in [-0.4, -0.2) is 46.0 Å². The van der Waals surface area contributed by atoms with Crippen LogP contribution in [0.15, 0.2) is 0 Å². The molecule has 2 unspecified atom stereocenters. The van der Waals surface area contributed by atoms with Crippen molar-refractivity contribution in [2.75, 3.05) is 0 Å². The monoisotopic (exact) mass is 634 g/mol. The highest BCUT2D eigenvalue weighted by Crippen LogP contribution is 2.61. The average molecular weight is 635 g/mol. The molecule has 0 saturated heterocycles. The van der Waals surface area contributed by atoms with Crippen molar-refractivity contribution in [2.24, 2.45) is 22.7 Å². The van der Waals surface area contributed by atoms with E-state index in [1.165, 1.54) is 25.6 Å². The highest BCUT2D eigenvalue weighted by atomic mass is 28.4. The van der Waals surface area contributed by atoms with Gasteiger partial charge in [-0.05, 0) is 114 Å². The van der Waals surface area contributed by atoms with Gasteiger partial charge >= 0.3 is 18.0 Å². The maximum atomic E-state index is 14.3. The molecule has 3 nitrogen and oxygen atoms in total. The quantitative estimate of drug-likeness (QED) is 0.136. The Kier molecular flexibility index (Phi) is 8.05. The summed E-state index contributed by atoms with van der Waals surface area (Å²) < 4.78 is 146. The molecular weight excluding hydrogens is 578 g/mol. The second kappa shape index (κ2) is 11.9. The van der Waals surface area contributed by atoms with Crippen LogP contribution in [0.4, 0.5) is 26.3 Å². The van der Waals surface area contributed by atoms with Gasteiger partial charge in [0.2, 0.25) is 0 Å². The molecule has 0 heterocycles. The fraction of sp³-hybridized carbons (Fsp3) is 0.900. The molecule has 2 saturated carbocycles. The predicted molar refractivity (Wildman–Crippen MR) is 155 cm³/mol. The van der Waals surface area contributed by atoms with Gasteiger partial charge in [-0.1, -0.05) is 26.2 Å². The zero-order valence-electron chi connectivity index (χ0n) is 31.5. The van der Waals surface area contributed by atoms with E-state index in [9.17, 15) is 31.1 Å². The lowest BCUT2D eigenvalue weighted by molar-refractivity contribution is -0.336. The largest absolute Gasteiger partial charge is 0.437 e. The molecule has 0 radical (unpaired) electrons. The van der Waals surface area contributed by atoms with Crippen LogP contribution < -0.4 is 0 Å². The summed E-state index contributed by atoms with van der Waals surface area (Å²) in [5.74, 6) is 3.08. The lowest BCUT2D eigenvalue weighted by Crippen LogP contribution is -2.61. The minimum absolute atomic E-state index is 0.0335. The van der Waals surface area contributed by atoms with Gasteiger partial charge in [0, 0.05) is 27.0 Å². The van der Waals surface area contributed by atoms with E-state index >= 15 is 0 Å². The molecule has 11 heteroatoms. The number of rotatable bonds is 10. The van der Waals surface area contributed by atoms with Crippen LogP contribution in [0.1, 0.15) is 93.6 Å². The second-order valence-electron chi connectivity index (χ2n) is 14.4. The maximum absolute atomic E-state index is 14.3. The second-order valence-corrected chi connectivity index (χ2v) is 23.3. The summed E-state index contributed by atoms with van der Waals surface area (Å²) >= 11 is 0. The van der Waals surface area contributed by atoms with Crippen molar-refractivity contribution in [3.63, 3.8) is 0 Å². The fourth-order valence-electron chi connectivity index (χ4n) is 7.05. The number of carbonyl (C=O) groups is 1. The van der Waals surface area contributed by atoms with E-state index in [-0.39, 0.29) is 30.5 Å². The summed E-state index contributed by atoms with van der Waals surface area (Å²) in [5.41, 5.74) is -8.96. The van der Waals surface area contributed by atoms with Crippen molar-refractivity contribution >= 4 is 22.4 Å². The lowest BCUT2D eigenvalue weighted by Gasteiger charge is -2.48. The Balaban J connectivity index is 2.68. The standard InChI is InChI=1S/C30H50F6O3Si2/c1-25(2,38-40(5,6)7)17-12-18-26(3,24-16-15-22-23(37)14-11-20-27(22,24)4)19-13-21-28(29(31,32)33,30(34,35)36)39-41(8,9)10/h22,24H,11-12,14-20H2,1-10H3/t22?,24-,26?,27+/m1/s1/i1D3,2D3. The molecule has 2 rings (SSSR count). The number of ketones is 1. The van der Waals surface area contributed by atoms with Crippen molar-refractivity contribution in [1.82, 2.24) is 0 Å². The van der Waals surface area contributed by atoms with Crippen molar-refractivity contribution in [3.8, 4) is 11.8 Å². The van der Waals surface area contributed by atoms with Gasteiger partial charge < -0.3 is 8.85 Å². The van der Waals surface area contributed by atoms with Crippen molar-refractivity contribution in [3.05, 3.63) is 0 Å². The van der Waals surface area contributed by atoms with E-state index in [1.54, 1.807) is 26.6 Å². The van der Waals surface area contributed by atoms with E-state index in [0.717, 1.165) is 0 Å². The number of fused-ring (bicyclic) bond motifs is 1. The Bertz CT molecular complexity index is 1170. The zero-order valence-corrected chi connectivity index (χ0v) is 27.5. The third kappa shape index (κ3) is 8.63. The van der Waals surface area contributed by atoms with Crippen LogP contribution in [0.3, 0.4) is 0 Å². The normalized spacial score (nSPS) is 29.1. The van der Waals surface area contributed by atoms with E-state index in [4.69, 9.17) is 17.1 Å². The van der Waals surface area contributed by atoms with Crippen LogP contribution in [0.5, 0.6) is 0 Å². The summed E-state index contributed by atoms with van der Waals surface area (Å²) in [7, 11) is -6.25. The minimum Gasteiger partial charge on any atom is -0.413 e. The lowest BCUT2D eigenvalue weighted by atomic mass is 9.56. The molecule has 41 heavy (non-hydrogen) atoms. The summed E-state index contributed by atoms with van der Waals surface area (Å²) in [4.78, 5) is 12.9. The Hall–Kier alpha value is -0.836. The molecule has 0 bridgehead atoms. The van der Waals surface area contributed by atoms with Gasteiger partial charge in [0.15, 0.2) is 16.6 Å². The number of carbonyl (C=O) groups excluding carboxylic acids is 1. The van der Waals surface area contributed by atoms with Crippen LogP contribution in [0.25, 0.3) is 0 Å². The predicted octanol–water partition coefficient (Wildman–Crippen LogP) is 9.69. The molecule has 0 aromatic heterocycles. The molecule has 2 fully saturated rings. The fourth-order valence-corrected chi connectivity index (χ4v) is 9.40. The van der Waals surface area contributed by atoms with E-state index < -0.39 is 77.6 Å². The SMILES string of the molecule is [2H]C([2H])([2H])C(CCCC(C)(CC#CC(O[Si](C)(C)C)(C(F)(F)F)C(F)(F)F)[C@H]1CCC2C(=O)CCC[C@@]21C)(O[Si](C)(C)C)C([2H])([2H])[2H]. The van der Waals surface area contributed by atoms with Gasteiger partial charge in [-0.2, -0.15) is 26.3 Å². The van der Waals surface area contributed by atoms with Crippen LogP contribution in [-0.2, 0) is 13.6 Å². The summed E-state index contributed by atoms with van der Waals surface area (Å²) in [6, 6.07) is 0. The highest BCUT2D eigenvalue weighted by Gasteiger charge is 2.73. The number of halogens is 6. The van der Waals surface area contributed by atoms with Gasteiger partial charge in [0.05, 0.1) is 5.60 Å². The molecular formula is C30H50F6O3Si2. The first-order valence-corrected chi connectivity index (χ1v) is 21.1. The Labute approximate surface area is 253 Å². The van der Waals surface area contributed by atoms with E-state index in [2.05, 4.69) is 5.92 Å². The van der Waals surface area contributed by atoms with Gasteiger partial charge in [-0.3, -0.25) is 4.79 Å². The molecule has 0 N–H and O–H groups in total.